The summed E-state index contributed by atoms with van der Waals surface area (Å²) >= 11 is 0. The van der Waals surface area contributed by atoms with Crippen molar-refractivity contribution >= 4 is 39.0 Å². The number of benzene rings is 8. The quantitative estimate of drug-likeness (QED) is 0.156. The maximum Gasteiger partial charge on any atom is 0.0540 e. The average molecular weight is 768 g/mol. The molecule has 11 rings (SSSR count). The summed E-state index contributed by atoms with van der Waals surface area (Å²) in [4.78, 5) is 2.55. The molecular formula is C59H45N. The van der Waals surface area contributed by atoms with Gasteiger partial charge in [-0.1, -0.05) is 208 Å². The van der Waals surface area contributed by atoms with Crippen LogP contribution in [0, 0.1) is 5.92 Å². The molecule has 60 heavy (non-hydrogen) atoms. The van der Waals surface area contributed by atoms with Gasteiger partial charge in [0.1, 0.15) is 0 Å². The van der Waals surface area contributed by atoms with E-state index >= 15 is 0 Å². The Kier molecular flexibility index (Phi) is 8.71. The van der Waals surface area contributed by atoms with Crippen molar-refractivity contribution in [3.63, 3.8) is 0 Å². The van der Waals surface area contributed by atoms with E-state index in [1.165, 1.54) is 83.1 Å². The van der Waals surface area contributed by atoms with E-state index in [9.17, 15) is 0 Å². The molecule has 286 valence electrons. The molecule has 0 N–H and O–H groups in total. The Labute approximate surface area is 353 Å². The summed E-state index contributed by atoms with van der Waals surface area (Å²) in [6, 6.07) is 69.4. The van der Waals surface area contributed by atoms with E-state index in [1.54, 1.807) is 0 Å². The molecule has 0 fully saturated rings. The second kappa shape index (κ2) is 14.6. The van der Waals surface area contributed by atoms with E-state index < -0.39 is 0 Å². The lowest BCUT2D eigenvalue weighted by atomic mass is 9.75. The molecule has 0 bridgehead atoms. The van der Waals surface area contributed by atoms with Gasteiger partial charge in [-0.05, 0) is 103 Å². The zero-order valence-corrected chi connectivity index (χ0v) is 34.0. The first-order valence-electron chi connectivity index (χ1n) is 21.2. The fourth-order valence-corrected chi connectivity index (χ4v) is 10.2. The molecule has 0 amide bonds. The van der Waals surface area contributed by atoms with E-state index in [0.717, 1.165) is 23.5 Å². The molecule has 0 aliphatic heterocycles. The maximum atomic E-state index is 2.55. The smallest absolute Gasteiger partial charge is 0.0540 e. The number of hydrogen-bond acceptors (Lipinski definition) is 1. The molecule has 3 aliphatic carbocycles. The molecule has 8 aromatic rings. The summed E-state index contributed by atoms with van der Waals surface area (Å²) in [6.07, 6.45) is 12.7. The molecule has 8 aromatic carbocycles. The molecule has 1 atom stereocenters. The monoisotopic (exact) mass is 767 g/mol. The molecule has 1 nitrogen and oxygen atoms in total. The minimum atomic E-state index is -0.152. The van der Waals surface area contributed by atoms with E-state index in [4.69, 9.17) is 0 Å². The Balaban J connectivity index is 1.18. The summed E-state index contributed by atoms with van der Waals surface area (Å²) in [7, 11) is 0. The third-order valence-electron chi connectivity index (χ3n) is 13.0. The van der Waals surface area contributed by atoms with Crippen molar-refractivity contribution in [2.45, 2.75) is 25.7 Å². The summed E-state index contributed by atoms with van der Waals surface area (Å²) in [5.41, 5.74) is 19.9. The van der Waals surface area contributed by atoms with Crippen molar-refractivity contribution in [2.24, 2.45) is 5.92 Å². The van der Waals surface area contributed by atoms with Crippen molar-refractivity contribution < 1.29 is 0 Å². The van der Waals surface area contributed by atoms with Crippen LogP contribution in [0.25, 0.3) is 55.3 Å². The van der Waals surface area contributed by atoms with Crippen LogP contribution in [0.5, 0.6) is 0 Å². The van der Waals surface area contributed by atoms with Crippen LogP contribution in [0.15, 0.2) is 224 Å². The van der Waals surface area contributed by atoms with Gasteiger partial charge in [0.15, 0.2) is 0 Å². The van der Waals surface area contributed by atoms with Crippen LogP contribution in [-0.4, -0.2) is 0 Å². The van der Waals surface area contributed by atoms with Crippen LogP contribution >= 0.6 is 0 Å². The normalized spacial score (nSPS) is 16.0. The first kappa shape index (κ1) is 35.9. The zero-order chi connectivity index (χ0) is 40.2. The van der Waals surface area contributed by atoms with E-state index in [2.05, 4.69) is 237 Å². The van der Waals surface area contributed by atoms with Gasteiger partial charge in [0, 0.05) is 28.1 Å². The van der Waals surface area contributed by atoms with Gasteiger partial charge >= 0.3 is 0 Å². The number of para-hydroxylation sites is 2. The Morgan fingerprint density at radius 2 is 1.10 bits per heavy atom. The fourth-order valence-electron chi connectivity index (χ4n) is 10.2. The second-order valence-corrected chi connectivity index (χ2v) is 16.7. The van der Waals surface area contributed by atoms with Gasteiger partial charge in [-0.15, -0.1) is 0 Å². The van der Waals surface area contributed by atoms with Crippen LogP contribution in [-0.2, 0) is 5.41 Å². The molecule has 0 spiro atoms. The Hall–Kier alpha value is -7.22. The first-order chi connectivity index (χ1) is 29.6. The summed E-state index contributed by atoms with van der Waals surface area (Å²) < 4.78 is 0. The predicted molar refractivity (Wildman–Crippen MR) is 255 cm³/mol. The number of allylic oxidation sites excluding steroid dienone is 8. The maximum absolute atomic E-state index is 2.55. The van der Waals surface area contributed by atoms with Crippen LogP contribution in [0.4, 0.5) is 17.1 Å². The first-order valence-corrected chi connectivity index (χ1v) is 21.2. The zero-order valence-electron chi connectivity index (χ0n) is 34.0. The number of anilines is 3. The van der Waals surface area contributed by atoms with E-state index in [-0.39, 0.29) is 5.41 Å². The van der Waals surface area contributed by atoms with Crippen molar-refractivity contribution in [3.05, 3.63) is 246 Å². The Morgan fingerprint density at radius 1 is 0.500 bits per heavy atom. The van der Waals surface area contributed by atoms with E-state index in [1.807, 2.05) is 0 Å². The molecule has 1 heteroatoms. The standard InChI is InChI=1S/C59H45N/c1-59(2)53-34-12-9-27-47(53)48-38-37-44(39-54(48)59)60(55-35-13-10-28-49(55)51-32-17-25-42-23-15-30-45(57(42)51)40-19-5-3-6-20-40)56-36-14-11-29-50(56)52-33-18-26-43-24-16-31-46(58(43)52)41-21-7-4-8-22-41/h3-25,27-39,43H,26H2,1-2H3. The SMILES string of the molecule is CC1(C)c2ccccc2-c2ccc(N(c3ccccc3C3=C4C(c5ccccc5)=CC=CC4CC=C3)c3ccccc3-c3cccc4cccc(-c5ccccc5)c34)cc21. The van der Waals surface area contributed by atoms with Gasteiger partial charge in [0.2, 0.25) is 0 Å². The molecule has 1 unspecified atom stereocenters. The highest BCUT2D eigenvalue weighted by Crippen LogP contribution is 2.53. The molecule has 0 radical (unpaired) electrons. The highest BCUT2D eigenvalue weighted by molar-refractivity contribution is 6.09. The summed E-state index contributed by atoms with van der Waals surface area (Å²) in [5, 5.41) is 2.48. The lowest BCUT2D eigenvalue weighted by Gasteiger charge is -2.33. The molecule has 0 saturated heterocycles. The highest BCUT2D eigenvalue weighted by atomic mass is 15.1. The van der Waals surface area contributed by atoms with Crippen LogP contribution in [0.1, 0.15) is 42.5 Å². The van der Waals surface area contributed by atoms with Gasteiger partial charge in [-0.25, -0.2) is 0 Å². The summed E-state index contributed by atoms with van der Waals surface area (Å²) in [5.74, 6) is 0.297. The van der Waals surface area contributed by atoms with Crippen LogP contribution in [0.2, 0.25) is 0 Å². The largest absolute Gasteiger partial charge is 0.309 e. The lowest BCUT2D eigenvalue weighted by Crippen LogP contribution is -2.18. The lowest BCUT2D eigenvalue weighted by molar-refractivity contribution is 0.660. The van der Waals surface area contributed by atoms with Gasteiger partial charge in [-0.2, -0.15) is 0 Å². The van der Waals surface area contributed by atoms with Crippen molar-refractivity contribution in [2.75, 3.05) is 4.90 Å². The van der Waals surface area contributed by atoms with Crippen LogP contribution in [0.3, 0.4) is 0 Å². The molecule has 3 aliphatic rings. The third-order valence-corrected chi connectivity index (χ3v) is 13.0. The molecule has 0 aromatic heterocycles. The second-order valence-electron chi connectivity index (χ2n) is 16.7. The molecule has 0 heterocycles. The van der Waals surface area contributed by atoms with E-state index in [0.29, 0.717) is 5.92 Å². The minimum absolute atomic E-state index is 0.152. The Morgan fingerprint density at radius 3 is 1.87 bits per heavy atom. The van der Waals surface area contributed by atoms with Crippen molar-refractivity contribution in [1.82, 2.24) is 0 Å². The number of nitrogens with zero attached hydrogens (tertiary/aromatic N) is 1. The minimum Gasteiger partial charge on any atom is -0.309 e. The topological polar surface area (TPSA) is 3.24 Å². The van der Waals surface area contributed by atoms with Crippen LogP contribution < -0.4 is 4.90 Å². The average Bonchev–Trinajstić information content (AvgIpc) is 3.54. The predicted octanol–water partition coefficient (Wildman–Crippen LogP) is 15.9. The fraction of sp³-hybridized carbons (Fsp3) is 0.0847. The number of fused-ring (bicyclic) bond motifs is 5. The van der Waals surface area contributed by atoms with Gasteiger partial charge in [-0.3, -0.25) is 0 Å². The van der Waals surface area contributed by atoms with Gasteiger partial charge < -0.3 is 4.90 Å². The molecule has 0 saturated carbocycles. The third kappa shape index (κ3) is 5.84. The van der Waals surface area contributed by atoms with Gasteiger partial charge in [0.05, 0.1) is 11.4 Å². The van der Waals surface area contributed by atoms with Crippen molar-refractivity contribution in [3.8, 4) is 33.4 Å². The van der Waals surface area contributed by atoms with Crippen molar-refractivity contribution in [1.29, 1.82) is 0 Å². The number of rotatable bonds is 7. The number of hydrogen-bond donors (Lipinski definition) is 0. The highest BCUT2D eigenvalue weighted by Gasteiger charge is 2.36. The summed E-state index contributed by atoms with van der Waals surface area (Å²) in [6.45, 7) is 4.75. The van der Waals surface area contributed by atoms with Gasteiger partial charge in [0.25, 0.3) is 0 Å². The molecular weight excluding hydrogens is 723 g/mol. The Bertz CT molecular complexity index is 3080.